The van der Waals surface area contributed by atoms with Gasteiger partial charge in [-0.2, -0.15) is 16.9 Å². The maximum atomic E-state index is 11.4. The second kappa shape index (κ2) is 6.10. The summed E-state index contributed by atoms with van der Waals surface area (Å²) in [4.78, 5) is 11.4. The van der Waals surface area contributed by atoms with Crippen molar-refractivity contribution < 1.29 is 4.79 Å². The molecule has 1 rings (SSSR count). The molecule has 17 heavy (non-hydrogen) atoms. The highest BCUT2D eigenvalue weighted by atomic mass is 32.2. The zero-order valence-electron chi connectivity index (χ0n) is 11.0. The number of amides is 1. The van der Waals surface area contributed by atoms with E-state index in [1.807, 2.05) is 12.3 Å². The van der Waals surface area contributed by atoms with E-state index < -0.39 is 0 Å². The van der Waals surface area contributed by atoms with Gasteiger partial charge in [0.05, 0.1) is 17.9 Å². The lowest BCUT2D eigenvalue weighted by atomic mass is 9.92. The molecule has 96 valence electrons. The second-order valence-corrected chi connectivity index (χ2v) is 6.03. The standard InChI is InChI=1S/C12H21N3OS/c1-12(2,3)10-7-9(14-15-10)8-13-11(16)5-6-17-4/h7H,5-6,8H2,1-4H3,(H,13,16)(H,14,15). The Morgan fingerprint density at radius 1 is 1.53 bits per heavy atom. The molecular weight excluding hydrogens is 234 g/mol. The highest BCUT2D eigenvalue weighted by Gasteiger charge is 2.17. The number of aromatic nitrogens is 2. The number of aromatic amines is 1. The van der Waals surface area contributed by atoms with Crippen molar-refractivity contribution in [3.05, 3.63) is 17.5 Å². The molecule has 0 atom stereocenters. The number of rotatable bonds is 5. The van der Waals surface area contributed by atoms with Gasteiger partial charge in [-0.1, -0.05) is 20.8 Å². The molecule has 0 radical (unpaired) electrons. The van der Waals surface area contributed by atoms with Gasteiger partial charge < -0.3 is 5.32 Å². The van der Waals surface area contributed by atoms with Crippen LogP contribution in [0, 0.1) is 0 Å². The zero-order chi connectivity index (χ0) is 12.9. The summed E-state index contributed by atoms with van der Waals surface area (Å²) < 4.78 is 0. The molecule has 0 aliphatic heterocycles. The lowest BCUT2D eigenvalue weighted by Crippen LogP contribution is -2.23. The summed E-state index contributed by atoms with van der Waals surface area (Å²) in [6.45, 7) is 6.87. The van der Waals surface area contributed by atoms with Crippen LogP contribution in [0.25, 0.3) is 0 Å². The van der Waals surface area contributed by atoms with E-state index in [1.54, 1.807) is 11.8 Å². The Morgan fingerprint density at radius 3 is 2.76 bits per heavy atom. The smallest absolute Gasteiger partial charge is 0.221 e. The number of nitrogens with one attached hydrogen (secondary N) is 2. The lowest BCUT2D eigenvalue weighted by Gasteiger charge is -2.13. The number of carbonyl (C=O) groups excluding carboxylic acids is 1. The van der Waals surface area contributed by atoms with Crippen molar-refractivity contribution >= 4 is 17.7 Å². The van der Waals surface area contributed by atoms with Crippen molar-refractivity contribution in [1.82, 2.24) is 15.5 Å². The van der Waals surface area contributed by atoms with Crippen LogP contribution in [-0.4, -0.2) is 28.1 Å². The first-order valence-corrected chi connectivity index (χ1v) is 7.13. The third kappa shape index (κ3) is 4.81. The highest BCUT2D eigenvalue weighted by Crippen LogP contribution is 2.20. The molecule has 0 spiro atoms. The molecule has 0 saturated heterocycles. The Morgan fingerprint density at radius 2 is 2.24 bits per heavy atom. The average Bonchev–Trinajstić information content (AvgIpc) is 2.71. The van der Waals surface area contributed by atoms with E-state index in [9.17, 15) is 4.79 Å². The minimum absolute atomic E-state index is 0.0393. The first-order valence-electron chi connectivity index (χ1n) is 5.74. The van der Waals surface area contributed by atoms with E-state index in [4.69, 9.17) is 0 Å². The molecule has 0 bridgehead atoms. The van der Waals surface area contributed by atoms with Crippen LogP contribution in [0.2, 0.25) is 0 Å². The van der Waals surface area contributed by atoms with Crippen LogP contribution in [0.3, 0.4) is 0 Å². The number of hydrogen-bond acceptors (Lipinski definition) is 3. The molecule has 5 heteroatoms. The Kier molecular flexibility index (Phi) is 5.05. The van der Waals surface area contributed by atoms with Gasteiger partial charge in [0.2, 0.25) is 5.91 Å². The molecule has 0 fully saturated rings. The fourth-order valence-corrected chi connectivity index (χ4v) is 1.70. The fourth-order valence-electron chi connectivity index (χ4n) is 1.31. The van der Waals surface area contributed by atoms with Crippen LogP contribution in [-0.2, 0) is 16.8 Å². The summed E-state index contributed by atoms with van der Waals surface area (Å²) in [5, 5.41) is 10.1. The van der Waals surface area contributed by atoms with Crippen molar-refractivity contribution in [2.75, 3.05) is 12.0 Å². The molecule has 0 saturated carbocycles. The molecule has 4 nitrogen and oxygen atoms in total. The Bertz CT molecular complexity index is 368. The highest BCUT2D eigenvalue weighted by molar-refractivity contribution is 7.98. The minimum atomic E-state index is 0.0393. The van der Waals surface area contributed by atoms with Crippen LogP contribution >= 0.6 is 11.8 Å². The predicted molar refractivity (Wildman–Crippen MR) is 72.1 cm³/mol. The van der Waals surface area contributed by atoms with Gasteiger partial charge >= 0.3 is 0 Å². The molecule has 0 aliphatic carbocycles. The molecule has 1 heterocycles. The minimum Gasteiger partial charge on any atom is -0.350 e. The van der Waals surface area contributed by atoms with Gasteiger partial charge in [-0.3, -0.25) is 9.89 Å². The van der Waals surface area contributed by atoms with E-state index in [-0.39, 0.29) is 11.3 Å². The number of carbonyl (C=O) groups is 1. The van der Waals surface area contributed by atoms with Crippen LogP contribution in [0.5, 0.6) is 0 Å². The number of thioether (sulfide) groups is 1. The van der Waals surface area contributed by atoms with Crippen molar-refractivity contribution in [2.45, 2.75) is 39.2 Å². The van der Waals surface area contributed by atoms with Crippen molar-refractivity contribution in [2.24, 2.45) is 0 Å². The van der Waals surface area contributed by atoms with Gasteiger partial charge in [0.1, 0.15) is 0 Å². The van der Waals surface area contributed by atoms with Crippen LogP contribution in [0.15, 0.2) is 6.07 Å². The Balaban J connectivity index is 2.42. The molecule has 1 aromatic heterocycles. The third-order valence-electron chi connectivity index (χ3n) is 2.41. The SMILES string of the molecule is CSCCC(=O)NCc1cc(C(C)(C)C)n[nH]1. The topological polar surface area (TPSA) is 57.8 Å². The monoisotopic (exact) mass is 255 g/mol. The lowest BCUT2D eigenvalue weighted by molar-refractivity contribution is -0.120. The zero-order valence-corrected chi connectivity index (χ0v) is 11.8. The van der Waals surface area contributed by atoms with E-state index in [0.717, 1.165) is 17.1 Å². The van der Waals surface area contributed by atoms with Gasteiger partial charge in [0.25, 0.3) is 0 Å². The van der Waals surface area contributed by atoms with Gasteiger partial charge in [0, 0.05) is 17.6 Å². The molecular formula is C12H21N3OS. The van der Waals surface area contributed by atoms with Crippen molar-refractivity contribution in [1.29, 1.82) is 0 Å². The maximum absolute atomic E-state index is 11.4. The summed E-state index contributed by atoms with van der Waals surface area (Å²) in [5.74, 6) is 0.952. The number of nitrogens with zero attached hydrogens (tertiary/aromatic N) is 1. The second-order valence-electron chi connectivity index (χ2n) is 5.05. The van der Waals surface area contributed by atoms with E-state index in [1.165, 1.54) is 0 Å². The summed E-state index contributed by atoms with van der Waals surface area (Å²) >= 11 is 1.68. The quantitative estimate of drug-likeness (QED) is 0.847. The predicted octanol–water partition coefficient (Wildman–Crippen LogP) is 2.08. The van der Waals surface area contributed by atoms with E-state index in [0.29, 0.717) is 13.0 Å². The van der Waals surface area contributed by atoms with E-state index in [2.05, 4.69) is 36.3 Å². The summed E-state index contributed by atoms with van der Waals surface area (Å²) in [7, 11) is 0. The van der Waals surface area contributed by atoms with Gasteiger partial charge in [-0.15, -0.1) is 0 Å². The fraction of sp³-hybridized carbons (Fsp3) is 0.667. The summed E-state index contributed by atoms with van der Waals surface area (Å²) in [6, 6.07) is 2.01. The normalized spacial score (nSPS) is 11.5. The molecule has 0 aromatic carbocycles. The first-order chi connectivity index (χ1) is 7.93. The molecule has 1 aromatic rings. The maximum Gasteiger partial charge on any atom is 0.221 e. The number of hydrogen-bond donors (Lipinski definition) is 2. The van der Waals surface area contributed by atoms with Crippen LogP contribution < -0.4 is 5.32 Å². The van der Waals surface area contributed by atoms with Crippen LogP contribution in [0.1, 0.15) is 38.6 Å². The van der Waals surface area contributed by atoms with Gasteiger partial charge in [0.15, 0.2) is 0 Å². The van der Waals surface area contributed by atoms with Crippen molar-refractivity contribution in [3.8, 4) is 0 Å². The molecule has 0 aliphatic rings. The first kappa shape index (κ1) is 14.1. The summed E-state index contributed by atoms with van der Waals surface area (Å²) in [6.07, 6.45) is 2.57. The Labute approximate surface area is 107 Å². The van der Waals surface area contributed by atoms with Gasteiger partial charge in [-0.25, -0.2) is 0 Å². The average molecular weight is 255 g/mol. The Hall–Kier alpha value is -0.970. The number of H-pyrrole nitrogens is 1. The van der Waals surface area contributed by atoms with Gasteiger partial charge in [-0.05, 0) is 12.3 Å². The molecule has 1 amide bonds. The molecule has 2 N–H and O–H groups in total. The summed E-state index contributed by atoms with van der Waals surface area (Å²) in [5.41, 5.74) is 2.01. The van der Waals surface area contributed by atoms with E-state index >= 15 is 0 Å². The van der Waals surface area contributed by atoms with Crippen LogP contribution in [0.4, 0.5) is 0 Å². The van der Waals surface area contributed by atoms with Crippen molar-refractivity contribution in [3.63, 3.8) is 0 Å². The largest absolute Gasteiger partial charge is 0.350 e. The molecule has 0 unspecified atom stereocenters. The third-order valence-corrected chi connectivity index (χ3v) is 3.02.